The second-order valence-corrected chi connectivity index (χ2v) is 4.55. The molecule has 0 saturated heterocycles. The van der Waals surface area contributed by atoms with Gasteiger partial charge in [-0.1, -0.05) is 18.5 Å². The van der Waals surface area contributed by atoms with Gasteiger partial charge in [0.05, 0.1) is 12.3 Å². The summed E-state index contributed by atoms with van der Waals surface area (Å²) in [6.07, 6.45) is 8.13. The number of hydrogen-bond acceptors (Lipinski definition) is 4. The van der Waals surface area contributed by atoms with Crippen molar-refractivity contribution in [2.24, 2.45) is 17.0 Å². The van der Waals surface area contributed by atoms with E-state index < -0.39 is 0 Å². The van der Waals surface area contributed by atoms with Crippen molar-refractivity contribution < 1.29 is 4.84 Å². The molecule has 0 amide bonds. The second-order valence-electron chi connectivity index (χ2n) is 4.55. The SMILES string of the molecule is CCC1CCCC(Cn2cncn2)C1=NOC. The summed E-state index contributed by atoms with van der Waals surface area (Å²) >= 11 is 0. The van der Waals surface area contributed by atoms with Crippen molar-refractivity contribution in [2.75, 3.05) is 7.11 Å². The van der Waals surface area contributed by atoms with Crippen LogP contribution in [0.2, 0.25) is 0 Å². The number of nitrogens with zero attached hydrogens (tertiary/aromatic N) is 4. The lowest BCUT2D eigenvalue weighted by Crippen LogP contribution is -2.31. The Morgan fingerprint density at radius 1 is 1.47 bits per heavy atom. The van der Waals surface area contributed by atoms with Crippen LogP contribution in [0.5, 0.6) is 0 Å². The Morgan fingerprint density at radius 2 is 2.29 bits per heavy atom. The molecule has 0 radical (unpaired) electrons. The van der Waals surface area contributed by atoms with Crippen LogP contribution in [0, 0.1) is 11.8 Å². The van der Waals surface area contributed by atoms with Crippen LogP contribution >= 0.6 is 0 Å². The first-order valence-corrected chi connectivity index (χ1v) is 6.28. The van der Waals surface area contributed by atoms with E-state index in [0.717, 1.165) is 13.0 Å². The predicted octanol–water partition coefficient (Wildman–Crippen LogP) is 2.11. The molecule has 94 valence electrons. The molecule has 0 bridgehead atoms. The van der Waals surface area contributed by atoms with Gasteiger partial charge < -0.3 is 4.84 Å². The highest BCUT2D eigenvalue weighted by Crippen LogP contribution is 2.30. The second kappa shape index (κ2) is 5.80. The minimum absolute atomic E-state index is 0.440. The fraction of sp³-hybridized carbons (Fsp3) is 0.750. The molecule has 1 heterocycles. The molecule has 1 aliphatic carbocycles. The molecule has 0 aromatic carbocycles. The number of rotatable bonds is 4. The minimum Gasteiger partial charge on any atom is -0.399 e. The van der Waals surface area contributed by atoms with Crippen LogP contribution in [-0.2, 0) is 11.4 Å². The summed E-state index contributed by atoms with van der Waals surface area (Å²) in [5.74, 6) is 1.01. The van der Waals surface area contributed by atoms with E-state index in [0.29, 0.717) is 11.8 Å². The van der Waals surface area contributed by atoms with E-state index in [1.165, 1.54) is 25.0 Å². The maximum atomic E-state index is 5.01. The van der Waals surface area contributed by atoms with Crippen LogP contribution < -0.4 is 0 Å². The first-order chi connectivity index (χ1) is 8.35. The minimum atomic E-state index is 0.440. The summed E-state index contributed by atoms with van der Waals surface area (Å²) in [7, 11) is 1.63. The Hall–Kier alpha value is -1.39. The predicted molar refractivity (Wildman–Crippen MR) is 65.6 cm³/mol. The Kier molecular flexibility index (Phi) is 4.12. The zero-order chi connectivity index (χ0) is 12.1. The van der Waals surface area contributed by atoms with Crippen LogP contribution in [0.4, 0.5) is 0 Å². The molecule has 1 fully saturated rings. The van der Waals surface area contributed by atoms with Gasteiger partial charge in [0.2, 0.25) is 0 Å². The van der Waals surface area contributed by atoms with Crippen molar-refractivity contribution in [3.8, 4) is 0 Å². The lowest BCUT2D eigenvalue weighted by molar-refractivity contribution is 0.203. The van der Waals surface area contributed by atoms with Crippen LogP contribution in [0.3, 0.4) is 0 Å². The van der Waals surface area contributed by atoms with E-state index in [-0.39, 0.29) is 0 Å². The summed E-state index contributed by atoms with van der Waals surface area (Å²) in [6, 6.07) is 0. The summed E-state index contributed by atoms with van der Waals surface area (Å²) in [4.78, 5) is 8.98. The zero-order valence-corrected chi connectivity index (χ0v) is 10.5. The third-order valence-corrected chi connectivity index (χ3v) is 3.51. The van der Waals surface area contributed by atoms with E-state index in [1.807, 2.05) is 4.68 Å². The lowest BCUT2D eigenvalue weighted by atomic mass is 9.78. The van der Waals surface area contributed by atoms with Crippen LogP contribution in [0.15, 0.2) is 17.8 Å². The molecule has 0 N–H and O–H groups in total. The highest BCUT2D eigenvalue weighted by atomic mass is 16.6. The van der Waals surface area contributed by atoms with Gasteiger partial charge in [-0.2, -0.15) is 5.10 Å². The van der Waals surface area contributed by atoms with E-state index in [1.54, 1.807) is 19.8 Å². The van der Waals surface area contributed by atoms with E-state index in [9.17, 15) is 0 Å². The molecule has 2 rings (SSSR count). The largest absolute Gasteiger partial charge is 0.399 e. The highest BCUT2D eigenvalue weighted by Gasteiger charge is 2.29. The van der Waals surface area contributed by atoms with Gasteiger partial charge in [0.25, 0.3) is 0 Å². The maximum absolute atomic E-state index is 5.01. The molecular formula is C12H20N4O. The number of oxime groups is 1. The van der Waals surface area contributed by atoms with Gasteiger partial charge >= 0.3 is 0 Å². The van der Waals surface area contributed by atoms with Gasteiger partial charge in [-0.25, -0.2) is 4.98 Å². The van der Waals surface area contributed by atoms with Crippen LogP contribution in [0.1, 0.15) is 32.6 Å². The first-order valence-electron chi connectivity index (χ1n) is 6.28. The average Bonchev–Trinajstić information content (AvgIpc) is 2.84. The molecule has 1 aromatic rings. The fourth-order valence-corrected chi connectivity index (χ4v) is 2.65. The third-order valence-electron chi connectivity index (χ3n) is 3.51. The quantitative estimate of drug-likeness (QED) is 0.752. The molecule has 1 saturated carbocycles. The number of aromatic nitrogens is 3. The molecule has 1 aliphatic rings. The van der Waals surface area contributed by atoms with E-state index in [4.69, 9.17) is 4.84 Å². The Bertz CT molecular complexity index is 361. The Morgan fingerprint density at radius 3 is 2.94 bits per heavy atom. The van der Waals surface area contributed by atoms with Crippen molar-refractivity contribution in [1.82, 2.24) is 14.8 Å². The molecule has 2 unspecified atom stereocenters. The summed E-state index contributed by atoms with van der Waals surface area (Å²) in [6.45, 7) is 3.08. The lowest BCUT2D eigenvalue weighted by Gasteiger charge is -2.29. The van der Waals surface area contributed by atoms with Crippen molar-refractivity contribution >= 4 is 5.71 Å². The summed E-state index contributed by atoms with van der Waals surface area (Å²) in [5, 5.41) is 8.42. The smallest absolute Gasteiger partial charge is 0.137 e. The van der Waals surface area contributed by atoms with E-state index in [2.05, 4.69) is 22.2 Å². The van der Waals surface area contributed by atoms with Crippen molar-refractivity contribution in [3.05, 3.63) is 12.7 Å². The van der Waals surface area contributed by atoms with Gasteiger partial charge in [-0.15, -0.1) is 0 Å². The monoisotopic (exact) mass is 236 g/mol. The normalized spacial score (nSPS) is 27.3. The maximum Gasteiger partial charge on any atom is 0.137 e. The average molecular weight is 236 g/mol. The fourth-order valence-electron chi connectivity index (χ4n) is 2.65. The summed E-state index contributed by atoms with van der Waals surface area (Å²) in [5.41, 5.74) is 1.21. The summed E-state index contributed by atoms with van der Waals surface area (Å²) < 4.78 is 1.88. The van der Waals surface area contributed by atoms with Gasteiger partial charge in [0, 0.05) is 11.8 Å². The molecule has 17 heavy (non-hydrogen) atoms. The highest BCUT2D eigenvalue weighted by molar-refractivity contribution is 5.89. The van der Waals surface area contributed by atoms with E-state index >= 15 is 0 Å². The molecule has 2 atom stereocenters. The first kappa shape index (κ1) is 12.1. The van der Waals surface area contributed by atoms with Gasteiger partial charge in [0.15, 0.2) is 0 Å². The van der Waals surface area contributed by atoms with Crippen molar-refractivity contribution in [2.45, 2.75) is 39.2 Å². The van der Waals surface area contributed by atoms with Crippen molar-refractivity contribution in [3.63, 3.8) is 0 Å². The van der Waals surface area contributed by atoms with Gasteiger partial charge in [0.1, 0.15) is 19.8 Å². The zero-order valence-electron chi connectivity index (χ0n) is 10.5. The van der Waals surface area contributed by atoms with Crippen LogP contribution in [-0.4, -0.2) is 27.6 Å². The Labute approximate surface area is 102 Å². The molecule has 0 spiro atoms. The van der Waals surface area contributed by atoms with Crippen molar-refractivity contribution in [1.29, 1.82) is 0 Å². The molecule has 0 aliphatic heterocycles. The molecule has 5 nitrogen and oxygen atoms in total. The Balaban J connectivity index is 2.10. The molecule has 1 aromatic heterocycles. The topological polar surface area (TPSA) is 52.3 Å². The van der Waals surface area contributed by atoms with Gasteiger partial charge in [-0.3, -0.25) is 4.68 Å². The third kappa shape index (κ3) is 2.84. The van der Waals surface area contributed by atoms with Gasteiger partial charge in [-0.05, 0) is 19.3 Å². The standard InChI is InChI=1S/C12H20N4O/c1-3-10-5-4-6-11(12(10)15-17-2)7-16-9-13-8-14-16/h8-11H,3-7H2,1-2H3. The molecular weight excluding hydrogens is 216 g/mol. The van der Waals surface area contributed by atoms with Crippen LogP contribution in [0.25, 0.3) is 0 Å². The number of hydrogen-bond donors (Lipinski definition) is 0. The molecule has 5 heteroatoms.